The summed E-state index contributed by atoms with van der Waals surface area (Å²) in [6.07, 6.45) is 4.25. The number of fused-ring (bicyclic) bond motifs is 1. The van der Waals surface area contributed by atoms with Crippen molar-refractivity contribution < 1.29 is 9.53 Å². The molecule has 1 fully saturated rings. The number of aryl methyl sites for hydroxylation is 3. The van der Waals surface area contributed by atoms with Crippen molar-refractivity contribution in [3.05, 3.63) is 53.5 Å². The molecule has 1 saturated heterocycles. The maximum Gasteiger partial charge on any atom is 0.317 e. The van der Waals surface area contributed by atoms with Gasteiger partial charge in [-0.15, -0.1) is 0 Å². The van der Waals surface area contributed by atoms with Gasteiger partial charge < -0.3 is 14.2 Å². The van der Waals surface area contributed by atoms with Crippen LogP contribution in [0.1, 0.15) is 29.8 Å². The van der Waals surface area contributed by atoms with Gasteiger partial charge in [0.1, 0.15) is 6.10 Å². The van der Waals surface area contributed by atoms with Crippen molar-refractivity contribution in [1.82, 2.24) is 19.4 Å². The normalized spacial score (nSPS) is 17.1. The molecule has 1 aromatic carbocycles. The number of nitrogens with zero attached hydrogens (tertiary/aromatic N) is 4. The van der Waals surface area contributed by atoms with Gasteiger partial charge in [-0.25, -0.2) is 9.97 Å². The molecule has 0 bridgehead atoms. The van der Waals surface area contributed by atoms with Crippen LogP contribution >= 0.6 is 0 Å². The number of amides is 1. The molecule has 3 aromatic rings. The number of likely N-dealkylation sites (tertiary alicyclic amines) is 1. The molecule has 4 rings (SSSR count). The van der Waals surface area contributed by atoms with E-state index in [1.807, 2.05) is 44.0 Å². The van der Waals surface area contributed by atoms with Crippen LogP contribution in [-0.4, -0.2) is 44.5 Å². The zero-order valence-electron chi connectivity index (χ0n) is 16.7. The Morgan fingerprint density at radius 2 is 1.96 bits per heavy atom. The summed E-state index contributed by atoms with van der Waals surface area (Å²) < 4.78 is 8.08. The Morgan fingerprint density at radius 1 is 1.21 bits per heavy atom. The number of hydrogen-bond donors (Lipinski definition) is 0. The van der Waals surface area contributed by atoms with E-state index in [9.17, 15) is 4.79 Å². The molecule has 28 heavy (non-hydrogen) atoms. The van der Waals surface area contributed by atoms with Crippen molar-refractivity contribution in [2.45, 2.75) is 39.2 Å². The van der Waals surface area contributed by atoms with Crippen LogP contribution in [0.4, 0.5) is 0 Å². The van der Waals surface area contributed by atoms with Gasteiger partial charge in [-0.3, -0.25) is 4.79 Å². The fraction of sp³-hybridized carbons (Fsp3) is 0.409. The average molecular weight is 378 g/mol. The molecule has 2 aromatic heterocycles. The third-order valence-corrected chi connectivity index (χ3v) is 5.29. The van der Waals surface area contributed by atoms with Crippen LogP contribution in [0.5, 0.6) is 6.01 Å². The van der Waals surface area contributed by atoms with Crippen LogP contribution < -0.4 is 4.74 Å². The number of carbonyl (C=O) groups is 1. The highest BCUT2D eigenvalue weighted by Crippen LogP contribution is 2.22. The number of hydrogen-bond acceptors (Lipinski definition) is 4. The third kappa shape index (κ3) is 3.86. The lowest BCUT2D eigenvalue weighted by Gasteiger charge is -2.32. The van der Waals surface area contributed by atoms with E-state index in [4.69, 9.17) is 4.74 Å². The molecule has 0 N–H and O–H groups in total. The molecule has 146 valence electrons. The maximum absolute atomic E-state index is 13.0. The van der Waals surface area contributed by atoms with E-state index in [0.29, 0.717) is 19.0 Å². The molecule has 3 heterocycles. The SMILES string of the molecule is Cc1cc(C)nc(OC2CCCN(C(=O)Cc3cn(C)c4ccccc34)C2)n1. The van der Waals surface area contributed by atoms with Crippen LogP contribution in [0.15, 0.2) is 36.5 Å². The topological polar surface area (TPSA) is 60.2 Å². The number of para-hydroxylation sites is 1. The zero-order valence-corrected chi connectivity index (χ0v) is 16.7. The van der Waals surface area contributed by atoms with Crippen molar-refractivity contribution in [3.63, 3.8) is 0 Å². The Morgan fingerprint density at radius 3 is 2.75 bits per heavy atom. The van der Waals surface area contributed by atoms with Crippen LogP contribution in [0, 0.1) is 13.8 Å². The van der Waals surface area contributed by atoms with Gasteiger partial charge in [0.2, 0.25) is 5.91 Å². The molecule has 1 aliphatic heterocycles. The monoisotopic (exact) mass is 378 g/mol. The van der Waals surface area contributed by atoms with Crippen LogP contribution in [0.2, 0.25) is 0 Å². The summed E-state index contributed by atoms with van der Waals surface area (Å²) in [5, 5.41) is 1.15. The third-order valence-electron chi connectivity index (χ3n) is 5.29. The summed E-state index contributed by atoms with van der Waals surface area (Å²) in [6.45, 7) is 5.22. The quantitative estimate of drug-likeness (QED) is 0.700. The second-order valence-corrected chi connectivity index (χ2v) is 7.61. The molecule has 1 amide bonds. The predicted molar refractivity (Wildman–Crippen MR) is 108 cm³/mol. The molecule has 0 spiro atoms. The number of aromatic nitrogens is 3. The summed E-state index contributed by atoms with van der Waals surface area (Å²) in [5.74, 6) is 0.144. The van der Waals surface area contributed by atoms with Crippen molar-refractivity contribution >= 4 is 16.8 Å². The second kappa shape index (κ2) is 7.62. The molecule has 0 saturated carbocycles. The largest absolute Gasteiger partial charge is 0.458 e. The van der Waals surface area contributed by atoms with E-state index >= 15 is 0 Å². The van der Waals surface area contributed by atoms with Crippen molar-refractivity contribution in [1.29, 1.82) is 0 Å². The molecule has 1 atom stereocenters. The molecule has 6 heteroatoms. The molecule has 1 aliphatic rings. The minimum absolute atomic E-state index is 0.0635. The van der Waals surface area contributed by atoms with Gasteiger partial charge in [0.15, 0.2) is 0 Å². The van der Waals surface area contributed by atoms with Gasteiger partial charge in [0.25, 0.3) is 0 Å². The Labute approximate surface area is 165 Å². The number of rotatable bonds is 4. The second-order valence-electron chi connectivity index (χ2n) is 7.61. The summed E-state index contributed by atoms with van der Waals surface area (Å²) in [4.78, 5) is 23.6. The number of carbonyl (C=O) groups excluding carboxylic acids is 1. The van der Waals surface area contributed by atoms with Crippen molar-refractivity contribution in [2.24, 2.45) is 7.05 Å². The Balaban J connectivity index is 1.44. The lowest BCUT2D eigenvalue weighted by atomic mass is 10.1. The minimum atomic E-state index is -0.0635. The number of ether oxygens (including phenoxy) is 1. The van der Waals surface area contributed by atoms with E-state index in [0.717, 1.165) is 47.2 Å². The zero-order chi connectivity index (χ0) is 19.7. The van der Waals surface area contributed by atoms with Crippen LogP contribution in [-0.2, 0) is 18.3 Å². The van der Waals surface area contributed by atoms with E-state index in [-0.39, 0.29) is 12.0 Å². The Bertz CT molecular complexity index is 991. The van der Waals surface area contributed by atoms with Gasteiger partial charge >= 0.3 is 6.01 Å². The Kier molecular flexibility index (Phi) is 5.03. The lowest BCUT2D eigenvalue weighted by Crippen LogP contribution is -2.45. The first-order valence-corrected chi connectivity index (χ1v) is 9.79. The average Bonchev–Trinajstić information content (AvgIpc) is 2.97. The first-order valence-electron chi connectivity index (χ1n) is 9.79. The summed E-state index contributed by atoms with van der Waals surface area (Å²) >= 11 is 0. The van der Waals surface area contributed by atoms with E-state index < -0.39 is 0 Å². The van der Waals surface area contributed by atoms with E-state index in [2.05, 4.69) is 32.9 Å². The first-order chi connectivity index (χ1) is 13.5. The lowest BCUT2D eigenvalue weighted by molar-refractivity contribution is -0.133. The van der Waals surface area contributed by atoms with Gasteiger partial charge in [0.05, 0.1) is 13.0 Å². The van der Waals surface area contributed by atoms with Crippen molar-refractivity contribution in [3.8, 4) is 6.01 Å². The molecule has 0 radical (unpaired) electrons. The summed E-state index contributed by atoms with van der Waals surface area (Å²) in [6, 6.07) is 10.5. The summed E-state index contributed by atoms with van der Waals surface area (Å²) in [5.41, 5.74) is 4.00. The summed E-state index contributed by atoms with van der Waals surface area (Å²) in [7, 11) is 2.02. The van der Waals surface area contributed by atoms with Gasteiger partial charge in [-0.05, 0) is 44.4 Å². The van der Waals surface area contributed by atoms with E-state index in [1.54, 1.807) is 0 Å². The predicted octanol–water partition coefficient (Wildman–Crippen LogP) is 3.20. The fourth-order valence-corrected chi connectivity index (χ4v) is 4.00. The fourth-order valence-electron chi connectivity index (χ4n) is 4.00. The first kappa shape index (κ1) is 18.5. The minimum Gasteiger partial charge on any atom is -0.458 e. The van der Waals surface area contributed by atoms with Crippen LogP contribution in [0.25, 0.3) is 10.9 Å². The van der Waals surface area contributed by atoms with Crippen LogP contribution in [0.3, 0.4) is 0 Å². The van der Waals surface area contributed by atoms with Gasteiger partial charge in [-0.2, -0.15) is 0 Å². The van der Waals surface area contributed by atoms with Gasteiger partial charge in [0, 0.05) is 42.1 Å². The molecule has 6 nitrogen and oxygen atoms in total. The number of piperidine rings is 1. The smallest absolute Gasteiger partial charge is 0.317 e. The molecular weight excluding hydrogens is 352 g/mol. The van der Waals surface area contributed by atoms with E-state index in [1.165, 1.54) is 0 Å². The highest BCUT2D eigenvalue weighted by atomic mass is 16.5. The number of benzene rings is 1. The molecule has 1 unspecified atom stereocenters. The maximum atomic E-state index is 13.0. The van der Waals surface area contributed by atoms with Crippen molar-refractivity contribution in [2.75, 3.05) is 13.1 Å². The highest BCUT2D eigenvalue weighted by molar-refractivity contribution is 5.89. The Hall–Kier alpha value is -2.89. The molecule has 0 aliphatic carbocycles. The highest BCUT2D eigenvalue weighted by Gasteiger charge is 2.26. The van der Waals surface area contributed by atoms with Gasteiger partial charge in [-0.1, -0.05) is 18.2 Å². The standard InChI is InChI=1S/C22H26N4O2/c1-15-11-16(2)24-22(23-15)28-18-7-6-10-26(14-18)21(27)12-17-13-25(3)20-9-5-4-8-19(17)20/h4-5,8-9,11,13,18H,6-7,10,12,14H2,1-3H3. The molecular formula is C22H26N4O2.